The standard InChI is InChI=1S/C18H18FN3OS2/c1-11(2)8-20-16(23)9-24-18-17-14(21-10-22-18)7-15(25-17)12-3-5-13(19)6-4-12/h3-7,10-11H,8-9H2,1-2H3,(H,20,23). The SMILES string of the molecule is CC(C)CNC(=O)CSc1ncnc2cc(-c3ccc(F)cc3)sc12. The molecule has 25 heavy (non-hydrogen) atoms. The Labute approximate surface area is 153 Å². The van der Waals surface area contributed by atoms with Crippen LogP contribution in [0.25, 0.3) is 20.7 Å². The Morgan fingerprint density at radius 3 is 2.76 bits per heavy atom. The number of fused-ring (bicyclic) bond motifs is 1. The summed E-state index contributed by atoms with van der Waals surface area (Å²) in [6.07, 6.45) is 1.51. The molecule has 0 unspecified atom stereocenters. The number of amides is 1. The first-order chi connectivity index (χ1) is 12.0. The minimum absolute atomic E-state index is 0.000719. The number of thioether (sulfide) groups is 1. The van der Waals surface area contributed by atoms with Crippen molar-refractivity contribution in [1.29, 1.82) is 0 Å². The zero-order chi connectivity index (χ0) is 17.8. The van der Waals surface area contributed by atoms with Gasteiger partial charge in [-0.1, -0.05) is 37.7 Å². The molecule has 0 aliphatic carbocycles. The largest absolute Gasteiger partial charge is 0.355 e. The summed E-state index contributed by atoms with van der Waals surface area (Å²) in [5.74, 6) is 0.493. The Bertz CT molecular complexity index is 878. The number of nitrogens with one attached hydrogen (secondary N) is 1. The van der Waals surface area contributed by atoms with E-state index in [1.807, 2.05) is 6.07 Å². The van der Waals surface area contributed by atoms with Gasteiger partial charge in [-0.25, -0.2) is 14.4 Å². The minimum atomic E-state index is -0.256. The van der Waals surface area contributed by atoms with Crippen molar-refractivity contribution in [2.45, 2.75) is 18.9 Å². The molecule has 7 heteroatoms. The molecule has 4 nitrogen and oxygen atoms in total. The third kappa shape index (κ3) is 4.55. The van der Waals surface area contributed by atoms with E-state index in [1.54, 1.807) is 23.5 Å². The van der Waals surface area contributed by atoms with Crippen LogP contribution in [0.15, 0.2) is 41.7 Å². The zero-order valence-electron chi connectivity index (χ0n) is 14.0. The summed E-state index contributed by atoms with van der Waals surface area (Å²) in [6, 6.07) is 8.36. The molecule has 0 aliphatic rings. The van der Waals surface area contributed by atoms with Crippen molar-refractivity contribution in [2.24, 2.45) is 5.92 Å². The van der Waals surface area contributed by atoms with E-state index in [9.17, 15) is 9.18 Å². The van der Waals surface area contributed by atoms with Crippen LogP contribution >= 0.6 is 23.1 Å². The van der Waals surface area contributed by atoms with E-state index in [4.69, 9.17) is 0 Å². The van der Waals surface area contributed by atoms with Crippen molar-refractivity contribution < 1.29 is 9.18 Å². The highest BCUT2D eigenvalue weighted by molar-refractivity contribution is 8.00. The molecule has 1 N–H and O–H groups in total. The third-order valence-electron chi connectivity index (χ3n) is 3.45. The highest BCUT2D eigenvalue weighted by atomic mass is 32.2. The predicted molar refractivity (Wildman–Crippen MR) is 101 cm³/mol. The van der Waals surface area contributed by atoms with Crippen molar-refractivity contribution in [1.82, 2.24) is 15.3 Å². The fraction of sp³-hybridized carbons (Fsp3) is 0.278. The van der Waals surface area contributed by atoms with E-state index in [-0.39, 0.29) is 11.7 Å². The number of benzene rings is 1. The van der Waals surface area contributed by atoms with Crippen molar-refractivity contribution >= 4 is 39.2 Å². The molecule has 3 rings (SSSR count). The Balaban J connectivity index is 1.78. The molecule has 0 bridgehead atoms. The number of thiophene rings is 1. The maximum atomic E-state index is 13.1. The molecule has 1 amide bonds. The van der Waals surface area contributed by atoms with Gasteiger partial charge in [-0.3, -0.25) is 4.79 Å². The number of halogens is 1. The molecule has 0 saturated heterocycles. The predicted octanol–water partition coefficient (Wildman–Crippen LogP) is 4.36. The van der Waals surface area contributed by atoms with Crippen LogP contribution in [-0.2, 0) is 4.79 Å². The van der Waals surface area contributed by atoms with Gasteiger partial charge in [0.25, 0.3) is 0 Å². The molecule has 3 aromatic rings. The zero-order valence-corrected chi connectivity index (χ0v) is 15.6. The number of hydrogen-bond donors (Lipinski definition) is 1. The van der Waals surface area contributed by atoms with Gasteiger partial charge in [-0.15, -0.1) is 11.3 Å². The van der Waals surface area contributed by atoms with Gasteiger partial charge in [-0.05, 0) is 29.7 Å². The monoisotopic (exact) mass is 375 g/mol. The molecule has 0 atom stereocenters. The van der Waals surface area contributed by atoms with E-state index in [0.29, 0.717) is 18.2 Å². The van der Waals surface area contributed by atoms with Gasteiger partial charge < -0.3 is 5.32 Å². The lowest BCUT2D eigenvalue weighted by Gasteiger charge is -2.07. The number of carbonyl (C=O) groups is 1. The van der Waals surface area contributed by atoms with Crippen LogP contribution in [0.5, 0.6) is 0 Å². The molecule has 1 aromatic carbocycles. The molecule has 0 fully saturated rings. The van der Waals surface area contributed by atoms with Gasteiger partial charge in [0.05, 0.1) is 16.0 Å². The summed E-state index contributed by atoms with van der Waals surface area (Å²) in [5, 5.41) is 3.70. The van der Waals surface area contributed by atoms with Crippen LogP contribution in [0.3, 0.4) is 0 Å². The van der Waals surface area contributed by atoms with Gasteiger partial charge in [0, 0.05) is 11.4 Å². The summed E-state index contributed by atoms with van der Waals surface area (Å²) >= 11 is 2.96. The lowest BCUT2D eigenvalue weighted by molar-refractivity contribution is -0.118. The lowest BCUT2D eigenvalue weighted by Crippen LogP contribution is -2.28. The summed E-state index contributed by atoms with van der Waals surface area (Å²) in [6.45, 7) is 4.79. The molecular weight excluding hydrogens is 357 g/mol. The first kappa shape index (κ1) is 17.8. The van der Waals surface area contributed by atoms with Gasteiger partial charge in [0.2, 0.25) is 5.91 Å². The number of carbonyl (C=O) groups excluding carboxylic acids is 1. The first-order valence-electron chi connectivity index (χ1n) is 7.93. The highest BCUT2D eigenvalue weighted by Gasteiger charge is 2.12. The number of rotatable bonds is 6. The second-order valence-electron chi connectivity index (χ2n) is 6.00. The average Bonchev–Trinajstić information content (AvgIpc) is 3.03. The highest BCUT2D eigenvalue weighted by Crippen LogP contribution is 2.36. The summed E-state index contributed by atoms with van der Waals surface area (Å²) in [5.41, 5.74) is 1.78. The van der Waals surface area contributed by atoms with Crippen LogP contribution in [0.2, 0.25) is 0 Å². The molecule has 130 valence electrons. The quantitative estimate of drug-likeness (QED) is 0.514. The van der Waals surface area contributed by atoms with E-state index in [0.717, 1.165) is 25.7 Å². The van der Waals surface area contributed by atoms with Crippen molar-refractivity contribution in [3.05, 3.63) is 42.5 Å². The number of hydrogen-bond acceptors (Lipinski definition) is 5. The topological polar surface area (TPSA) is 54.9 Å². The van der Waals surface area contributed by atoms with E-state index in [1.165, 1.54) is 30.2 Å². The van der Waals surface area contributed by atoms with Crippen LogP contribution in [0.1, 0.15) is 13.8 Å². The molecule has 2 heterocycles. The van der Waals surface area contributed by atoms with Crippen molar-refractivity contribution in [3.63, 3.8) is 0 Å². The third-order valence-corrected chi connectivity index (χ3v) is 5.75. The second kappa shape index (κ2) is 7.93. The van der Waals surface area contributed by atoms with Crippen LogP contribution in [-0.4, -0.2) is 28.2 Å². The van der Waals surface area contributed by atoms with E-state index in [2.05, 4.69) is 29.1 Å². The lowest BCUT2D eigenvalue weighted by atomic mass is 10.2. The summed E-state index contributed by atoms with van der Waals surface area (Å²) < 4.78 is 14.0. The van der Waals surface area contributed by atoms with Crippen LogP contribution in [0.4, 0.5) is 4.39 Å². The first-order valence-corrected chi connectivity index (χ1v) is 9.73. The molecule has 0 saturated carbocycles. The molecular formula is C18H18FN3OS2. The Hall–Kier alpha value is -1.99. The summed E-state index contributed by atoms with van der Waals surface area (Å²) in [4.78, 5) is 21.5. The maximum Gasteiger partial charge on any atom is 0.230 e. The van der Waals surface area contributed by atoms with Gasteiger partial charge in [-0.2, -0.15) is 0 Å². The molecule has 0 aliphatic heterocycles. The number of aromatic nitrogens is 2. The van der Waals surface area contributed by atoms with E-state index >= 15 is 0 Å². The summed E-state index contributed by atoms with van der Waals surface area (Å²) in [7, 11) is 0. The Kier molecular flexibility index (Phi) is 5.65. The van der Waals surface area contributed by atoms with Gasteiger partial charge in [0.1, 0.15) is 17.2 Å². The normalized spacial score (nSPS) is 11.2. The fourth-order valence-electron chi connectivity index (χ4n) is 2.19. The number of nitrogens with zero attached hydrogens (tertiary/aromatic N) is 2. The Morgan fingerprint density at radius 1 is 1.28 bits per heavy atom. The maximum absolute atomic E-state index is 13.1. The average molecular weight is 375 g/mol. The van der Waals surface area contributed by atoms with Gasteiger partial charge in [0.15, 0.2) is 0 Å². The molecule has 2 aromatic heterocycles. The second-order valence-corrected chi connectivity index (χ2v) is 8.01. The van der Waals surface area contributed by atoms with Gasteiger partial charge >= 0.3 is 0 Å². The van der Waals surface area contributed by atoms with Crippen LogP contribution < -0.4 is 5.32 Å². The molecule has 0 spiro atoms. The molecule has 0 radical (unpaired) electrons. The fourth-order valence-corrected chi connectivity index (χ4v) is 4.22. The Morgan fingerprint density at radius 2 is 2.04 bits per heavy atom. The van der Waals surface area contributed by atoms with Crippen LogP contribution in [0, 0.1) is 11.7 Å². The minimum Gasteiger partial charge on any atom is -0.355 e. The van der Waals surface area contributed by atoms with E-state index < -0.39 is 0 Å². The van der Waals surface area contributed by atoms with Crippen molar-refractivity contribution in [2.75, 3.05) is 12.3 Å². The smallest absolute Gasteiger partial charge is 0.230 e. The van der Waals surface area contributed by atoms with Crippen molar-refractivity contribution in [3.8, 4) is 10.4 Å².